The van der Waals surface area contributed by atoms with E-state index in [0.717, 1.165) is 6.42 Å². The van der Waals surface area contributed by atoms with Crippen LogP contribution in [-0.2, 0) is 10.0 Å². The molecule has 1 fully saturated rings. The van der Waals surface area contributed by atoms with E-state index in [4.69, 9.17) is 5.73 Å². The van der Waals surface area contributed by atoms with Gasteiger partial charge in [-0.15, -0.1) is 0 Å². The lowest BCUT2D eigenvalue weighted by Gasteiger charge is -2.10. The fourth-order valence-corrected chi connectivity index (χ4v) is 1.95. The van der Waals surface area contributed by atoms with E-state index in [0.29, 0.717) is 13.1 Å². The molecule has 0 amide bonds. The Kier molecular flexibility index (Phi) is 1.98. The van der Waals surface area contributed by atoms with E-state index in [9.17, 15) is 8.42 Å². The molecule has 0 saturated carbocycles. The largest absolute Gasteiger partial charge is 0.326 e. The van der Waals surface area contributed by atoms with Crippen molar-refractivity contribution in [1.82, 2.24) is 4.31 Å². The predicted molar refractivity (Wildman–Crippen MR) is 39.0 cm³/mol. The third kappa shape index (κ3) is 1.68. The molecule has 1 aliphatic rings. The van der Waals surface area contributed by atoms with Crippen LogP contribution in [0, 0.1) is 0 Å². The van der Waals surface area contributed by atoms with Crippen LogP contribution < -0.4 is 5.73 Å². The fourth-order valence-electron chi connectivity index (χ4n) is 1.06. The summed E-state index contributed by atoms with van der Waals surface area (Å²) < 4.78 is 23.1. The summed E-state index contributed by atoms with van der Waals surface area (Å²) in [6.45, 7) is 1.07. The Hall–Kier alpha value is -0.130. The van der Waals surface area contributed by atoms with Crippen molar-refractivity contribution in [3.63, 3.8) is 0 Å². The predicted octanol–water partition coefficient (Wildman–Crippen LogP) is -1.02. The summed E-state index contributed by atoms with van der Waals surface area (Å²) in [7, 11) is -2.98. The normalized spacial score (nSPS) is 29.2. The topological polar surface area (TPSA) is 63.4 Å². The Balaban J connectivity index is 2.62. The van der Waals surface area contributed by atoms with Crippen LogP contribution in [0.5, 0.6) is 0 Å². The molecule has 0 radical (unpaired) electrons. The Bertz CT molecular complexity index is 212. The van der Waals surface area contributed by atoms with Crippen molar-refractivity contribution in [3.05, 3.63) is 0 Å². The molecule has 10 heavy (non-hydrogen) atoms. The third-order valence-corrected chi connectivity index (χ3v) is 2.93. The molecule has 0 aromatic heterocycles. The number of hydrogen-bond donors (Lipinski definition) is 1. The summed E-state index contributed by atoms with van der Waals surface area (Å²) in [6.07, 6.45) is 2.00. The second-order valence-electron chi connectivity index (χ2n) is 2.67. The summed E-state index contributed by atoms with van der Waals surface area (Å²) in [5, 5.41) is 0. The molecule has 0 aliphatic carbocycles. The molecule has 1 aliphatic heterocycles. The Morgan fingerprint density at radius 3 is 2.40 bits per heavy atom. The van der Waals surface area contributed by atoms with Gasteiger partial charge in [-0.3, -0.25) is 0 Å². The monoisotopic (exact) mass is 164 g/mol. The van der Waals surface area contributed by atoms with Gasteiger partial charge in [-0.1, -0.05) is 0 Å². The molecular weight excluding hydrogens is 152 g/mol. The number of nitrogens with two attached hydrogens (primary N) is 1. The summed E-state index contributed by atoms with van der Waals surface area (Å²) in [5.74, 6) is 0. The molecule has 1 rings (SSSR count). The first-order valence-electron chi connectivity index (χ1n) is 3.21. The minimum atomic E-state index is -2.98. The van der Waals surface area contributed by atoms with E-state index >= 15 is 0 Å². The lowest BCUT2D eigenvalue weighted by Crippen LogP contribution is -2.30. The van der Waals surface area contributed by atoms with Gasteiger partial charge in [-0.05, 0) is 6.42 Å². The smallest absolute Gasteiger partial charge is 0.211 e. The molecule has 5 heteroatoms. The molecule has 1 atom stereocenters. The van der Waals surface area contributed by atoms with E-state index in [-0.39, 0.29) is 6.04 Å². The van der Waals surface area contributed by atoms with Gasteiger partial charge in [0.25, 0.3) is 0 Å². The number of hydrogen-bond acceptors (Lipinski definition) is 3. The van der Waals surface area contributed by atoms with E-state index in [2.05, 4.69) is 0 Å². The van der Waals surface area contributed by atoms with Crippen molar-refractivity contribution in [2.75, 3.05) is 19.3 Å². The molecule has 2 N–H and O–H groups in total. The zero-order valence-electron chi connectivity index (χ0n) is 5.95. The standard InChI is InChI=1S/C5H12N2O2S/c1-10(8,9)7-3-2-5(6)4-7/h5H,2-4,6H2,1H3. The third-order valence-electron chi connectivity index (χ3n) is 1.66. The molecule has 60 valence electrons. The molecule has 0 spiro atoms. The number of sulfonamides is 1. The number of nitrogens with zero attached hydrogens (tertiary/aromatic N) is 1. The van der Waals surface area contributed by atoms with Crippen LogP contribution in [-0.4, -0.2) is 38.1 Å². The zero-order chi connectivity index (χ0) is 7.78. The van der Waals surface area contributed by atoms with Crippen LogP contribution in [0.3, 0.4) is 0 Å². The Labute approximate surface area is 61.1 Å². The summed E-state index contributed by atoms with van der Waals surface area (Å²) in [6, 6.07) is 0.0368. The molecule has 1 heterocycles. The minimum absolute atomic E-state index is 0.0368. The fraction of sp³-hybridized carbons (Fsp3) is 1.00. The Morgan fingerprint density at radius 2 is 2.20 bits per heavy atom. The maximum Gasteiger partial charge on any atom is 0.211 e. The van der Waals surface area contributed by atoms with Gasteiger partial charge in [0.15, 0.2) is 0 Å². The van der Waals surface area contributed by atoms with Gasteiger partial charge in [-0.25, -0.2) is 12.7 Å². The van der Waals surface area contributed by atoms with E-state index in [1.165, 1.54) is 10.6 Å². The van der Waals surface area contributed by atoms with Gasteiger partial charge < -0.3 is 5.73 Å². The molecule has 1 saturated heterocycles. The molecular formula is C5H12N2O2S. The summed E-state index contributed by atoms with van der Waals surface area (Å²) in [4.78, 5) is 0. The molecule has 0 bridgehead atoms. The highest BCUT2D eigenvalue weighted by Crippen LogP contribution is 2.09. The maximum absolute atomic E-state index is 10.8. The highest BCUT2D eigenvalue weighted by atomic mass is 32.2. The second kappa shape index (κ2) is 2.48. The lowest BCUT2D eigenvalue weighted by molar-refractivity contribution is 0.478. The summed E-state index contributed by atoms with van der Waals surface area (Å²) >= 11 is 0. The molecule has 1 unspecified atom stereocenters. The zero-order valence-corrected chi connectivity index (χ0v) is 6.76. The van der Waals surface area contributed by atoms with Crippen LogP contribution >= 0.6 is 0 Å². The van der Waals surface area contributed by atoms with E-state index < -0.39 is 10.0 Å². The average Bonchev–Trinajstić information content (AvgIpc) is 2.11. The van der Waals surface area contributed by atoms with Gasteiger partial charge in [0.1, 0.15) is 0 Å². The van der Waals surface area contributed by atoms with Crippen LogP contribution in [0.2, 0.25) is 0 Å². The van der Waals surface area contributed by atoms with Crippen molar-refractivity contribution in [2.45, 2.75) is 12.5 Å². The van der Waals surface area contributed by atoms with E-state index in [1.807, 2.05) is 0 Å². The van der Waals surface area contributed by atoms with Crippen molar-refractivity contribution >= 4 is 10.0 Å². The van der Waals surface area contributed by atoms with Gasteiger partial charge in [0.05, 0.1) is 6.26 Å². The van der Waals surface area contributed by atoms with Crippen molar-refractivity contribution < 1.29 is 8.42 Å². The second-order valence-corrected chi connectivity index (χ2v) is 4.65. The first kappa shape index (κ1) is 7.97. The van der Waals surface area contributed by atoms with Crippen molar-refractivity contribution in [3.8, 4) is 0 Å². The highest BCUT2D eigenvalue weighted by Gasteiger charge is 2.25. The van der Waals surface area contributed by atoms with Crippen molar-refractivity contribution in [2.24, 2.45) is 5.73 Å². The Morgan fingerprint density at radius 1 is 1.60 bits per heavy atom. The SMILES string of the molecule is CS(=O)(=O)N1CCC(N)C1. The molecule has 4 nitrogen and oxygen atoms in total. The average molecular weight is 164 g/mol. The first-order valence-corrected chi connectivity index (χ1v) is 5.05. The van der Waals surface area contributed by atoms with Crippen LogP contribution in [0.15, 0.2) is 0 Å². The highest BCUT2D eigenvalue weighted by molar-refractivity contribution is 7.88. The quantitative estimate of drug-likeness (QED) is 0.539. The summed E-state index contributed by atoms with van der Waals surface area (Å²) in [5.41, 5.74) is 5.52. The van der Waals surface area contributed by atoms with Crippen LogP contribution in [0.4, 0.5) is 0 Å². The van der Waals surface area contributed by atoms with Gasteiger partial charge >= 0.3 is 0 Å². The maximum atomic E-state index is 10.8. The minimum Gasteiger partial charge on any atom is -0.326 e. The number of rotatable bonds is 1. The van der Waals surface area contributed by atoms with E-state index in [1.54, 1.807) is 0 Å². The molecule has 0 aromatic carbocycles. The van der Waals surface area contributed by atoms with Crippen LogP contribution in [0.25, 0.3) is 0 Å². The van der Waals surface area contributed by atoms with Crippen molar-refractivity contribution in [1.29, 1.82) is 0 Å². The lowest BCUT2D eigenvalue weighted by atomic mass is 10.3. The molecule has 0 aromatic rings. The van der Waals surface area contributed by atoms with Gasteiger partial charge in [0.2, 0.25) is 10.0 Å². The first-order chi connectivity index (χ1) is 4.50. The van der Waals surface area contributed by atoms with Gasteiger partial charge in [-0.2, -0.15) is 0 Å². The van der Waals surface area contributed by atoms with Gasteiger partial charge in [0, 0.05) is 19.1 Å². The van der Waals surface area contributed by atoms with Crippen LogP contribution in [0.1, 0.15) is 6.42 Å².